The molecule has 0 fully saturated rings. The molecule has 1 atom stereocenters. The van der Waals surface area contributed by atoms with Gasteiger partial charge in [-0.2, -0.15) is 0 Å². The molecule has 1 rings (SSSR count). The lowest BCUT2D eigenvalue weighted by Crippen LogP contribution is -2.49. The zero-order valence-electron chi connectivity index (χ0n) is 13.8. The Morgan fingerprint density at radius 1 is 1.24 bits per heavy atom. The molecule has 21 heavy (non-hydrogen) atoms. The van der Waals surface area contributed by atoms with Crippen LogP contribution in [0.1, 0.15) is 45.6 Å². The first kappa shape index (κ1) is 18.1. The predicted molar refractivity (Wildman–Crippen MR) is 88.4 cm³/mol. The number of benzene rings is 1. The van der Waals surface area contributed by atoms with Crippen LogP contribution in [0.2, 0.25) is 0 Å². The molecule has 0 heterocycles. The third-order valence-electron chi connectivity index (χ3n) is 3.73. The Bertz CT molecular complexity index is 367. The lowest BCUT2D eigenvalue weighted by atomic mass is 9.91. The van der Waals surface area contributed by atoms with Crippen molar-refractivity contribution in [1.82, 2.24) is 5.32 Å². The highest BCUT2D eigenvalue weighted by molar-refractivity contribution is 5.25. The molecule has 0 aliphatic heterocycles. The van der Waals surface area contributed by atoms with Gasteiger partial charge in [-0.15, -0.1) is 0 Å². The zero-order valence-corrected chi connectivity index (χ0v) is 13.8. The molecule has 120 valence electrons. The fraction of sp³-hybridized carbons (Fsp3) is 0.667. The first-order chi connectivity index (χ1) is 10.1. The number of aliphatic hydroxyl groups excluding tert-OH is 1. The monoisotopic (exact) mass is 293 g/mol. The highest BCUT2D eigenvalue weighted by atomic mass is 16.5. The van der Waals surface area contributed by atoms with Crippen molar-refractivity contribution >= 4 is 0 Å². The maximum Gasteiger partial charge on any atom is 0.0905 e. The Morgan fingerprint density at radius 2 is 1.95 bits per heavy atom. The normalized spacial score (nSPS) is 14.3. The SMILES string of the molecule is CCCNC(CO)(COCCCC(C)C)c1ccccc1. The molecular formula is C18H31NO2. The van der Waals surface area contributed by atoms with Gasteiger partial charge in [0.2, 0.25) is 0 Å². The molecule has 3 heteroatoms. The molecule has 0 amide bonds. The van der Waals surface area contributed by atoms with E-state index in [4.69, 9.17) is 4.74 Å². The van der Waals surface area contributed by atoms with Crippen molar-refractivity contribution in [1.29, 1.82) is 0 Å². The van der Waals surface area contributed by atoms with Crippen molar-refractivity contribution in [2.45, 2.75) is 45.6 Å². The van der Waals surface area contributed by atoms with Crippen molar-refractivity contribution in [3.8, 4) is 0 Å². The lowest BCUT2D eigenvalue weighted by molar-refractivity contribution is 0.0312. The maximum absolute atomic E-state index is 9.96. The summed E-state index contributed by atoms with van der Waals surface area (Å²) in [5.41, 5.74) is 0.597. The van der Waals surface area contributed by atoms with Crippen LogP contribution in [-0.2, 0) is 10.3 Å². The van der Waals surface area contributed by atoms with Crippen LogP contribution in [-0.4, -0.2) is 31.5 Å². The number of hydrogen-bond donors (Lipinski definition) is 2. The summed E-state index contributed by atoms with van der Waals surface area (Å²) in [5, 5.41) is 13.4. The van der Waals surface area contributed by atoms with E-state index < -0.39 is 5.54 Å². The van der Waals surface area contributed by atoms with Crippen molar-refractivity contribution < 1.29 is 9.84 Å². The molecule has 0 saturated carbocycles. The lowest BCUT2D eigenvalue weighted by Gasteiger charge is -2.33. The molecule has 3 nitrogen and oxygen atoms in total. The van der Waals surface area contributed by atoms with E-state index in [-0.39, 0.29) is 6.61 Å². The summed E-state index contributed by atoms with van der Waals surface area (Å²) in [7, 11) is 0. The van der Waals surface area contributed by atoms with Crippen molar-refractivity contribution in [2.24, 2.45) is 5.92 Å². The fourth-order valence-electron chi connectivity index (χ4n) is 2.39. The Hall–Kier alpha value is -0.900. The molecule has 0 aliphatic carbocycles. The highest BCUT2D eigenvalue weighted by Gasteiger charge is 2.31. The largest absolute Gasteiger partial charge is 0.394 e. The van der Waals surface area contributed by atoms with Crippen LogP contribution in [0.4, 0.5) is 0 Å². The molecular weight excluding hydrogens is 262 g/mol. The maximum atomic E-state index is 9.96. The number of nitrogens with one attached hydrogen (secondary N) is 1. The zero-order chi connectivity index (χ0) is 15.6. The number of ether oxygens (including phenoxy) is 1. The summed E-state index contributed by atoms with van der Waals surface area (Å²) in [4.78, 5) is 0. The summed E-state index contributed by atoms with van der Waals surface area (Å²) in [6.07, 6.45) is 3.28. The molecule has 2 N–H and O–H groups in total. The van der Waals surface area contributed by atoms with Gasteiger partial charge in [0.25, 0.3) is 0 Å². The van der Waals surface area contributed by atoms with E-state index in [9.17, 15) is 5.11 Å². The summed E-state index contributed by atoms with van der Waals surface area (Å²) in [6.45, 7) is 8.75. The molecule has 0 bridgehead atoms. The first-order valence-electron chi connectivity index (χ1n) is 8.13. The van der Waals surface area contributed by atoms with Crippen molar-refractivity contribution in [2.75, 3.05) is 26.4 Å². The van der Waals surface area contributed by atoms with E-state index in [1.54, 1.807) is 0 Å². The first-order valence-corrected chi connectivity index (χ1v) is 8.13. The van der Waals surface area contributed by atoms with Gasteiger partial charge in [0.15, 0.2) is 0 Å². The van der Waals surface area contributed by atoms with Gasteiger partial charge < -0.3 is 15.2 Å². The minimum Gasteiger partial charge on any atom is -0.394 e. The second kappa shape index (κ2) is 9.93. The third kappa shape index (κ3) is 6.16. The summed E-state index contributed by atoms with van der Waals surface area (Å²) in [6, 6.07) is 10.1. The smallest absolute Gasteiger partial charge is 0.0905 e. The molecule has 0 saturated heterocycles. The average molecular weight is 293 g/mol. The van der Waals surface area contributed by atoms with Gasteiger partial charge in [-0.05, 0) is 37.3 Å². The van der Waals surface area contributed by atoms with Gasteiger partial charge in [0.05, 0.1) is 18.8 Å². The topological polar surface area (TPSA) is 41.5 Å². The van der Waals surface area contributed by atoms with Crippen LogP contribution in [0.15, 0.2) is 30.3 Å². The Balaban J connectivity index is 2.63. The standard InChI is InChI=1S/C18H31NO2/c1-4-12-19-18(14-20,17-10-6-5-7-11-17)15-21-13-8-9-16(2)3/h5-7,10-11,16,19-20H,4,8-9,12-15H2,1-3H3. The number of aliphatic hydroxyl groups is 1. The van der Waals surface area contributed by atoms with E-state index in [0.29, 0.717) is 12.5 Å². The van der Waals surface area contributed by atoms with Crippen LogP contribution in [0, 0.1) is 5.92 Å². The average Bonchev–Trinajstić information content (AvgIpc) is 2.51. The molecule has 1 aromatic rings. The Kier molecular flexibility index (Phi) is 8.58. The third-order valence-corrected chi connectivity index (χ3v) is 3.73. The molecule has 0 aromatic heterocycles. The van der Waals surface area contributed by atoms with Gasteiger partial charge in [0, 0.05) is 6.61 Å². The minimum absolute atomic E-state index is 0.0429. The number of rotatable bonds is 11. The van der Waals surface area contributed by atoms with E-state index in [2.05, 4.69) is 38.2 Å². The molecule has 0 radical (unpaired) electrons. The van der Waals surface area contributed by atoms with Gasteiger partial charge in [0.1, 0.15) is 0 Å². The second-order valence-corrected chi connectivity index (χ2v) is 6.12. The van der Waals surface area contributed by atoms with Gasteiger partial charge >= 0.3 is 0 Å². The highest BCUT2D eigenvalue weighted by Crippen LogP contribution is 2.21. The summed E-state index contributed by atoms with van der Waals surface area (Å²) >= 11 is 0. The quantitative estimate of drug-likeness (QED) is 0.615. The van der Waals surface area contributed by atoms with Crippen LogP contribution in [0.5, 0.6) is 0 Å². The van der Waals surface area contributed by atoms with Gasteiger partial charge in [-0.25, -0.2) is 0 Å². The summed E-state index contributed by atoms with van der Waals surface area (Å²) < 4.78 is 5.87. The van der Waals surface area contributed by atoms with Crippen LogP contribution < -0.4 is 5.32 Å². The molecule has 0 spiro atoms. The number of hydrogen-bond acceptors (Lipinski definition) is 3. The Morgan fingerprint density at radius 3 is 2.52 bits per heavy atom. The summed E-state index contributed by atoms with van der Waals surface area (Å²) in [5.74, 6) is 0.712. The van der Waals surface area contributed by atoms with E-state index in [1.165, 1.54) is 6.42 Å². The van der Waals surface area contributed by atoms with Gasteiger partial charge in [-0.3, -0.25) is 0 Å². The van der Waals surface area contributed by atoms with E-state index in [0.717, 1.165) is 31.6 Å². The van der Waals surface area contributed by atoms with Gasteiger partial charge in [-0.1, -0.05) is 51.1 Å². The fourth-order valence-corrected chi connectivity index (χ4v) is 2.39. The second-order valence-electron chi connectivity index (χ2n) is 6.12. The molecule has 1 aromatic carbocycles. The van der Waals surface area contributed by atoms with Crippen molar-refractivity contribution in [3.05, 3.63) is 35.9 Å². The van der Waals surface area contributed by atoms with Crippen LogP contribution >= 0.6 is 0 Å². The predicted octanol–water partition coefficient (Wildman–Crippen LogP) is 3.33. The van der Waals surface area contributed by atoms with Crippen LogP contribution in [0.3, 0.4) is 0 Å². The molecule has 1 unspecified atom stereocenters. The molecule has 0 aliphatic rings. The van der Waals surface area contributed by atoms with Crippen molar-refractivity contribution in [3.63, 3.8) is 0 Å². The van der Waals surface area contributed by atoms with E-state index >= 15 is 0 Å². The Labute approximate surface area is 129 Å². The van der Waals surface area contributed by atoms with Crippen LogP contribution in [0.25, 0.3) is 0 Å². The van der Waals surface area contributed by atoms with E-state index in [1.807, 2.05) is 18.2 Å². The minimum atomic E-state index is -0.491.